The largest absolute Gasteiger partial charge is 0.473 e. The number of hydrogen-bond donors (Lipinski definition) is 1. The zero-order valence-electron chi connectivity index (χ0n) is 17.1. The highest BCUT2D eigenvalue weighted by atomic mass is 16.5. The van der Waals surface area contributed by atoms with Crippen LogP contribution in [0.25, 0.3) is 0 Å². The Morgan fingerprint density at radius 2 is 1.62 bits per heavy atom. The van der Waals surface area contributed by atoms with E-state index < -0.39 is 6.10 Å². The van der Waals surface area contributed by atoms with E-state index in [0.717, 1.165) is 37.1 Å². The smallest absolute Gasteiger partial charge is 0.213 e. The van der Waals surface area contributed by atoms with Crippen molar-refractivity contribution in [3.05, 3.63) is 95.7 Å². The van der Waals surface area contributed by atoms with Crippen LogP contribution in [0.15, 0.2) is 79.0 Å². The Hall–Kier alpha value is -2.69. The van der Waals surface area contributed by atoms with Gasteiger partial charge >= 0.3 is 0 Å². The van der Waals surface area contributed by atoms with Crippen molar-refractivity contribution in [1.29, 1.82) is 0 Å². The molecule has 1 atom stereocenters. The van der Waals surface area contributed by atoms with Crippen LogP contribution in [0.3, 0.4) is 0 Å². The number of aromatic nitrogens is 1. The Morgan fingerprint density at radius 1 is 0.931 bits per heavy atom. The van der Waals surface area contributed by atoms with Crippen molar-refractivity contribution >= 4 is 0 Å². The van der Waals surface area contributed by atoms with Gasteiger partial charge in [-0.2, -0.15) is 0 Å². The molecule has 0 spiro atoms. The third-order valence-electron chi connectivity index (χ3n) is 4.88. The fourth-order valence-electron chi connectivity index (χ4n) is 3.21. The number of nitrogens with zero attached hydrogens (tertiary/aromatic N) is 2. The molecule has 3 rings (SSSR count). The van der Waals surface area contributed by atoms with Gasteiger partial charge in [0, 0.05) is 30.9 Å². The number of pyridine rings is 1. The van der Waals surface area contributed by atoms with Crippen LogP contribution in [-0.4, -0.2) is 28.1 Å². The lowest BCUT2D eigenvalue weighted by molar-refractivity contribution is 0.108. The molecular weight excluding hydrogens is 360 g/mol. The second-order valence-electron chi connectivity index (χ2n) is 7.29. The topological polar surface area (TPSA) is 45.6 Å². The van der Waals surface area contributed by atoms with Gasteiger partial charge in [0.15, 0.2) is 0 Å². The summed E-state index contributed by atoms with van der Waals surface area (Å²) < 4.78 is 5.74. The molecule has 152 valence electrons. The number of aliphatic hydroxyl groups is 1. The second-order valence-corrected chi connectivity index (χ2v) is 7.29. The molecule has 1 unspecified atom stereocenters. The van der Waals surface area contributed by atoms with Crippen LogP contribution in [-0.2, 0) is 13.2 Å². The molecule has 0 bridgehead atoms. The molecule has 0 aliphatic carbocycles. The van der Waals surface area contributed by atoms with Crippen molar-refractivity contribution < 1.29 is 9.84 Å². The molecule has 1 heterocycles. The van der Waals surface area contributed by atoms with E-state index in [4.69, 9.17) is 4.74 Å². The van der Waals surface area contributed by atoms with Crippen LogP contribution >= 0.6 is 0 Å². The quantitative estimate of drug-likeness (QED) is 0.501. The first-order chi connectivity index (χ1) is 14.2. The van der Waals surface area contributed by atoms with Gasteiger partial charge in [0.05, 0.1) is 6.10 Å². The first kappa shape index (κ1) is 21.0. The van der Waals surface area contributed by atoms with Crippen molar-refractivity contribution in [3.63, 3.8) is 0 Å². The third-order valence-corrected chi connectivity index (χ3v) is 4.88. The van der Waals surface area contributed by atoms with Gasteiger partial charge in [0.1, 0.15) is 6.61 Å². The second kappa shape index (κ2) is 11.3. The van der Waals surface area contributed by atoms with Gasteiger partial charge in [0.2, 0.25) is 5.88 Å². The lowest BCUT2D eigenvalue weighted by Gasteiger charge is -2.25. The Kier molecular flexibility index (Phi) is 8.23. The van der Waals surface area contributed by atoms with Gasteiger partial charge in [-0.25, -0.2) is 4.98 Å². The summed E-state index contributed by atoms with van der Waals surface area (Å²) in [5.41, 5.74) is 3.18. The minimum absolute atomic E-state index is 0.484. The molecule has 0 amide bonds. The van der Waals surface area contributed by atoms with E-state index in [0.29, 0.717) is 19.0 Å². The summed E-state index contributed by atoms with van der Waals surface area (Å²) in [4.78, 5) is 6.68. The van der Waals surface area contributed by atoms with Crippen molar-refractivity contribution in [2.24, 2.45) is 0 Å². The summed E-state index contributed by atoms with van der Waals surface area (Å²) in [5.74, 6) is 0.567. The first-order valence-corrected chi connectivity index (χ1v) is 10.3. The molecule has 4 heteroatoms. The van der Waals surface area contributed by atoms with Gasteiger partial charge in [-0.3, -0.25) is 4.90 Å². The molecule has 0 saturated heterocycles. The third kappa shape index (κ3) is 7.00. The molecule has 0 saturated carbocycles. The number of aliphatic hydroxyl groups excluding tert-OH is 1. The molecule has 2 aromatic carbocycles. The van der Waals surface area contributed by atoms with Crippen molar-refractivity contribution in [2.45, 2.75) is 39.0 Å². The van der Waals surface area contributed by atoms with Crippen molar-refractivity contribution in [1.82, 2.24) is 9.88 Å². The van der Waals surface area contributed by atoms with Gasteiger partial charge in [-0.1, -0.05) is 74.0 Å². The lowest BCUT2D eigenvalue weighted by atomic mass is 10.1. The number of unbranched alkanes of at least 4 members (excludes halogenated alkanes) is 1. The molecule has 4 nitrogen and oxygen atoms in total. The zero-order chi connectivity index (χ0) is 20.3. The van der Waals surface area contributed by atoms with Crippen LogP contribution in [0, 0.1) is 0 Å². The highest BCUT2D eigenvalue weighted by Gasteiger charge is 2.14. The Morgan fingerprint density at radius 3 is 2.24 bits per heavy atom. The number of ether oxygens (including phenoxy) is 1. The summed E-state index contributed by atoms with van der Waals surface area (Å²) in [6.07, 6.45) is 3.39. The maximum absolute atomic E-state index is 10.7. The normalized spacial score (nSPS) is 12.1. The minimum atomic E-state index is -0.578. The van der Waals surface area contributed by atoms with E-state index in [1.54, 1.807) is 6.20 Å². The minimum Gasteiger partial charge on any atom is -0.473 e. The van der Waals surface area contributed by atoms with E-state index in [2.05, 4.69) is 41.1 Å². The van der Waals surface area contributed by atoms with Gasteiger partial charge in [-0.15, -0.1) is 0 Å². The zero-order valence-corrected chi connectivity index (χ0v) is 17.1. The highest BCUT2D eigenvalue weighted by Crippen LogP contribution is 2.18. The first-order valence-electron chi connectivity index (χ1n) is 10.3. The van der Waals surface area contributed by atoms with Crippen LogP contribution < -0.4 is 4.74 Å². The monoisotopic (exact) mass is 390 g/mol. The molecular formula is C25H30N2O2. The number of rotatable bonds is 11. The van der Waals surface area contributed by atoms with E-state index in [9.17, 15) is 5.11 Å². The van der Waals surface area contributed by atoms with E-state index in [-0.39, 0.29) is 0 Å². The average molecular weight is 391 g/mol. The van der Waals surface area contributed by atoms with Crippen LogP contribution in [0.4, 0.5) is 0 Å². The predicted molar refractivity (Wildman–Crippen MR) is 117 cm³/mol. The SMILES string of the molecule is CCCCN(Cc1ccccc1)CC(O)c1ccc(OCc2ccccc2)nc1. The van der Waals surface area contributed by atoms with Gasteiger partial charge in [-0.05, 0) is 30.2 Å². The van der Waals surface area contributed by atoms with Crippen LogP contribution in [0.1, 0.15) is 42.6 Å². The number of hydrogen-bond acceptors (Lipinski definition) is 4. The molecule has 0 radical (unpaired) electrons. The van der Waals surface area contributed by atoms with Gasteiger partial charge in [0.25, 0.3) is 0 Å². The maximum atomic E-state index is 10.7. The Bertz CT molecular complexity index is 822. The summed E-state index contributed by atoms with van der Waals surface area (Å²) in [5, 5.41) is 10.7. The van der Waals surface area contributed by atoms with Gasteiger partial charge < -0.3 is 9.84 Å². The van der Waals surface area contributed by atoms with Crippen LogP contribution in [0.2, 0.25) is 0 Å². The molecule has 0 aliphatic rings. The Labute approximate surface area is 173 Å². The summed E-state index contributed by atoms with van der Waals surface area (Å²) in [6, 6.07) is 24.2. The lowest BCUT2D eigenvalue weighted by Crippen LogP contribution is -2.29. The molecule has 29 heavy (non-hydrogen) atoms. The molecule has 0 aliphatic heterocycles. The molecule has 1 aromatic heterocycles. The van der Waals surface area contributed by atoms with Crippen molar-refractivity contribution in [2.75, 3.05) is 13.1 Å². The van der Waals surface area contributed by atoms with E-state index in [1.165, 1.54) is 5.56 Å². The molecule has 3 aromatic rings. The summed E-state index contributed by atoms with van der Waals surface area (Å²) >= 11 is 0. The van der Waals surface area contributed by atoms with E-state index in [1.807, 2.05) is 48.5 Å². The van der Waals surface area contributed by atoms with Crippen LogP contribution in [0.5, 0.6) is 5.88 Å². The fourth-order valence-corrected chi connectivity index (χ4v) is 3.21. The standard InChI is InChI=1S/C25H30N2O2/c1-2-3-16-27(18-21-10-6-4-7-11-21)19-24(28)23-14-15-25(26-17-23)29-20-22-12-8-5-9-13-22/h4-15,17,24,28H,2-3,16,18-20H2,1H3. The summed E-state index contributed by atoms with van der Waals surface area (Å²) in [7, 11) is 0. The van der Waals surface area contributed by atoms with Crippen molar-refractivity contribution in [3.8, 4) is 5.88 Å². The maximum Gasteiger partial charge on any atom is 0.213 e. The predicted octanol–water partition coefficient (Wildman–Crippen LogP) is 5.00. The average Bonchev–Trinajstić information content (AvgIpc) is 2.78. The highest BCUT2D eigenvalue weighted by molar-refractivity contribution is 5.21. The molecule has 0 fully saturated rings. The number of benzene rings is 2. The molecule has 1 N–H and O–H groups in total. The fraction of sp³-hybridized carbons (Fsp3) is 0.320. The Balaban J connectivity index is 1.56. The van der Waals surface area contributed by atoms with E-state index >= 15 is 0 Å². The summed E-state index contributed by atoms with van der Waals surface area (Å²) in [6.45, 7) is 5.06.